The average Bonchev–Trinajstić information content (AvgIpc) is 2.78. The Morgan fingerprint density at radius 3 is 2.83 bits per heavy atom. The van der Waals surface area contributed by atoms with Gasteiger partial charge in [-0.15, -0.1) is 11.3 Å². The topological polar surface area (TPSA) is 57.6 Å². The second-order valence-electron chi connectivity index (χ2n) is 3.30. The standard InChI is InChI=1S/C10H6ClNO3S3/c11-7-2-1-5(17-7)3-6-9(15)12(4-8(13)14)10(16)18-6/h1-3H,4H2,(H,13,14). The van der Waals surface area contributed by atoms with E-state index in [4.69, 9.17) is 28.9 Å². The zero-order chi connectivity index (χ0) is 13.3. The molecule has 2 heterocycles. The van der Waals surface area contributed by atoms with Crippen LogP contribution in [0, 0.1) is 0 Å². The first-order valence-corrected chi connectivity index (χ1v) is 7.12. The van der Waals surface area contributed by atoms with Gasteiger partial charge in [-0.2, -0.15) is 0 Å². The lowest BCUT2D eigenvalue weighted by Crippen LogP contribution is -2.33. The van der Waals surface area contributed by atoms with Gasteiger partial charge in [-0.25, -0.2) is 0 Å². The largest absolute Gasteiger partial charge is 0.480 e. The summed E-state index contributed by atoms with van der Waals surface area (Å²) in [4.78, 5) is 24.9. The fourth-order valence-electron chi connectivity index (χ4n) is 1.31. The Morgan fingerprint density at radius 1 is 1.56 bits per heavy atom. The first-order chi connectivity index (χ1) is 8.47. The SMILES string of the molecule is O=C(O)CN1C(=O)C(=Cc2ccc(Cl)s2)SC1=S. The quantitative estimate of drug-likeness (QED) is 0.685. The number of carbonyl (C=O) groups is 2. The Morgan fingerprint density at radius 2 is 2.28 bits per heavy atom. The van der Waals surface area contributed by atoms with E-state index in [0.717, 1.165) is 21.5 Å². The molecule has 1 fully saturated rings. The lowest BCUT2D eigenvalue weighted by molar-refractivity contribution is -0.140. The number of carboxylic acid groups (broad SMARTS) is 1. The highest BCUT2D eigenvalue weighted by Crippen LogP contribution is 2.34. The van der Waals surface area contributed by atoms with Crippen molar-refractivity contribution >= 4 is 69.2 Å². The molecule has 1 N–H and O–H groups in total. The van der Waals surface area contributed by atoms with Crippen molar-refractivity contribution in [2.24, 2.45) is 0 Å². The van der Waals surface area contributed by atoms with Crippen molar-refractivity contribution in [3.63, 3.8) is 0 Å². The molecule has 0 aliphatic carbocycles. The van der Waals surface area contributed by atoms with Crippen LogP contribution in [0.1, 0.15) is 4.88 Å². The number of nitrogens with zero attached hydrogens (tertiary/aromatic N) is 1. The minimum atomic E-state index is -1.09. The molecule has 0 bridgehead atoms. The first-order valence-electron chi connectivity index (χ1n) is 4.70. The van der Waals surface area contributed by atoms with Crippen LogP contribution in [0.3, 0.4) is 0 Å². The number of hydrogen-bond donors (Lipinski definition) is 1. The zero-order valence-electron chi connectivity index (χ0n) is 8.75. The molecule has 1 saturated heterocycles. The van der Waals surface area contributed by atoms with Crippen LogP contribution in [0.25, 0.3) is 6.08 Å². The molecule has 0 atom stereocenters. The summed E-state index contributed by atoms with van der Waals surface area (Å²) in [6.07, 6.45) is 1.66. The van der Waals surface area contributed by atoms with Crippen LogP contribution in [0.4, 0.5) is 0 Å². The molecule has 0 unspecified atom stereocenters. The summed E-state index contributed by atoms with van der Waals surface area (Å²) in [6.45, 7) is -0.410. The number of halogens is 1. The highest BCUT2D eigenvalue weighted by molar-refractivity contribution is 8.26. The number of carboxylic acids is 1. The number of aliphatic carboxylic acids is 1. The molecular weight excluding hydrogens is 314 g/mol. The smallest absolute Gasteiger partial charge is 0.323 e. The lowest BCUT2D eigenvalue weighted by atomic mass is 10.4. The van der Waals surface area contributed by atoms with E-state index in [1.807, 2.05) is 0 Å². The van der Waals surface area contributed by atoms with E-state index in [-0.39, 0.29) is 10.2 Å². The number of thioether (sulfide) groups is 1. The fourth-order valence-corrected chi connectivity index (χ4v) is 3.63. The lowest BCUT2D eigenvalue weighted by Gasteiger charge is -2.09. The molecule has 0 spiro atoms. The van der Waals surface area contributed by atoms with Crippen LogP contribution in [0.2, 0.25) is 4.34 Å². The maximum absolute atomic E-state index is 11.9. The Bertz CT molecular complexity index is 566. The molecule has 0 radical (unpaired) electrons. The number of carbonyl (C=O) groups excluding carboxylic acids is 1. The van der Waals surface area contributed by atoms with E-state index in [1.54, 1.807) is 18.2 Å². The third-order valence-corrected chi connectivity index (χ3v) is 4.59. The number of amides is 1. The molecule has 1 aliphatic rings. The van der Waals surface area contributed by atoms with Crippen molar-refractivity contribution in [1.82, 2.24) is 4.90 Å². The monoisotopic (exact) mass is 319 g/mol. The summed E-state index contributed by atoms with van der Waals surface area (Å²) < 4.78 is 0.888. The molecule has 1 aliphatic heterocycles. The van der Waals surface area contributed by atoms with E-state index in [9.17, 15) is 9.59 Å². The van der Waals surface area contributed by atoms with Gasteiger partial charge in [0.25, 0.3) is 5.91 Å². The molecule has 4 nitrogen and oxygen atoms in total. The predicted octanol–water partition coefficient (Wildman–Crippen LogP) is 2.69. The second kappa shape index (κ2) is 5.40. The molecule has 1 aromatic rings. The molecule has 8 heteroatoms. The summed E-state index contributed by atoms with van der Waals surface area (Å²) in [7, 11) is 0. The fraction of sp³-hybridized carbons (Fsp3) is 0.100. The van der Waals surface area contributed by atoms with Gasteiger partial charge in [0.2, 0.25) is 0 Å². The number of thiocarbonyl (C=S) groups is 1. The molecule has 2 rings (SSSR count). The van der Waals surface area contributed by atoms with Crippen molar-refractivity contribution in [3.05, 3.63) is 26.3 Å². The molecule has 18 heavy (non-hydrogen) atoms. The highest BCUT2D eigenvalue weighted by atomic mass is 35.5. The van der Waals surface area contributed by atoms with Crippen LogP contribution >= 0.6 is 46.9 Å². The van der Waals surface area contributed by atoms with E-state index in [2.05, 4.69) is 0 Å². The Hall–Kier alpha value is -0.890. The maximum atomic E-state index is 11.9. The van der Waals surface area contributed by atoms with E-state index in [0.29, 0.717) is 9.24 Å². The average molecular weight is 320 g/mol. The first kappa shape index (κ1) is 13.5. The molecule has 0 saturated carbocycles. The predicted molar refractivity (Wildman–Crippen MR) is 76.8 cm³/mol. The number of thiophene rings is 1. The molecule has 0 aromatic carbocycles. The number of hydrogen-bond acceptors (Lipinski definition) is 5. The Balaban J connectivity index is 2.22. The summed E-state index contributed by atoms with van der Waals surface area (Å²) in [5, 5.41) is 8.69. The van der Waals surface area contributed by atoms with Crippen LogP contribution in [0.5, 0.6) is 0 Å². The highest BCUT2D eigenvalue weighted by Gasteiger charge is 2.33. The van der Waals surface area contributed by atoms with Gasteiger partial charge in [-0.05, 0) is 18.2 Å². The minimum Gasteiger partial charge on any atom is -0.480 e. The van der Waals surface area contributed by atoms with Crippen molar-refractivity contribution in [2.45, 2.75) is 0 Å². The van der Waals surface area contributed by atoms with Crippen LogP contribution in [-0.2, 0) is 9.59 Å². The summed E-state index contributed by atoms with van der Waals surface area (Å²) >= 11 is 13.2. The third-order valence-electron chi connectivity index (χ3n) is 2.03. The van der Waals surface area contributed by atoms with E-state index < -0.39 is 12.5 Å². The van der Waals surface area contributed by atoms with E-state index in [1.165, 1.54) is 11.3 Å². The number of rotatable bonds is 3. The van der Waals surface area contributed by atoms with Gasteiger partial charge in [0.15, 0.2) is 0 Å². The van der Waals surface area contributed by atoms with Gasteiger partial charge < -0.3 is 5.11 Å². The van der Waals surface area contributed by atoms with Gasteiger partial charge in [-0.1, -0.05) is 35.6 Å². The van der Waals surface area contributed by atoms with Gasteiger partial charge >= 0.3 is 5.97 Å². The van der Waals surface area contributed by atoms with E-state index >= 15 is 0 Å². The summed E-state index contributed by atoms with van der Waals surface area (Å²) in [5.41, 5.74) is 0. The van der Waals surface area contributed by atoms with Gasteiger partial charge in [0.05, 0.1) is 9.24 Å². The van der Waals surface area contributed by atoms with Gasteiger partial charge in [0, 0.05) is 4.88 Å². The second-order valence-corrected chi connectivity index (χ2v) is 6.73. The normalized spacial score (nSPS) is 17.8. The van der Waals surface area contributed by atoms with Crippen molar-refractivity contribution in [2.75, 3.05) is 6.54 Å². The third kappa shape index (κ3) is 2.92. The van der Waals surface area contributed by atoms with Crippen LogP contribution in [-0.4, -0.2) is 32.7 Å². The van der Waals surface area contributed by atoms with Crippen molar-refractivity contribution in [3.8, 4) is 0 Å². The molecule has 94 valence electrons. The zero-order valence-corrected chi connectivity index (χ0v) is 12.0. The minimum absolute atomic E-state index is 0.260. The van der Waals surface area contributed by atoms with Gasteiger partial charge in [-0.3, -0.25) is 14.5 Å². The Kier molecular flexibility index (Phi) is 4.06. The summed E-state index contributed by atoms with van der Waals surface area (Å²) in [6, 6.07) is 3.52. The van der Waals surface area contributed by atoms with Crippen molar-refractivity contribution in [1.29, 1.82) is 0 Å². The van der Waals surface area contributed by atoms with Crippen LogP contribution in [0.15, 0.2) is 17.0 Å². The molecule has 1 amide bonds. The van der Waals surface area contributed by atoms with Crippen LogP contribution < -0.4 is 0 Å². The molecular formula is C10H6ClNO3S3. The van der Waals surface area contributed by atoms with Gasteiger partial charge in [0.1, 0.15) is 10.9 Å². The molecule has 1 aromatic heterocycles. The maximum Gasteiger partial charge on any atom is 0.323 e. The van der Waals surface area contributed by atoms with Crippen molar-refractivity contribution < 1.29 is 14.7 Å². The Labute approximate surface area is 121 Å². The summed E-state index contributed by atoms with van der Waals surface area (Å²) in [5.74, 6) is -1.47.